The first-order valence-corrected chi connectivity index (χ1v) is 36.3. The molecule has 9 aromatic carbocycles. The summed E-state index contributed by atoms with van der Waals surface area (Å²) in [5.74, 6) is -4.71. The summed E-state index contributed by atoms with van der Waals surface area (Å²) in [6.45, 7) is 21.8. The lowest BCUT2D eigenvalue weighted by Gasteiger charge is -2.33. The Morgan fingerprint density at radius 1 is 0.404 bits per heavy atom. The summed E-state index contributed by atoms with van der Waals surface area (Å²) in [6.07, 6.45) is 0.970. The second kappa shape index (κ2) is 39.3. The summed E-state index contributed by atoms with van der Waals surface area (Å²) in [6, 6.07) is 45.1. The van der Waals surface area contributed by atoms with E-state index in [1.165, 1.54) is 75.4 Å². The Bertz CT molecular complexity index is 4900. The smallest absolute Gasteiger partial charge is 0.346 e. The van der Waals surface area contributed by atoms with Crippen LogP contribution in [0.4, 0.5) is 34.1 Å². The fourth-order valence-corrected chi connectivity index (χ4v) is 11.7. The number of nitrogens with one attached hydrogen (secondary N) is 3. The van der Waals surface area contributed by atoms with Gasteiger partial charge in [0.15, 0.2) is 17.3 Å². The lowest BCUT2D eigenvalue weighted by molar-refractivity contribution is -0.141. The molecule has 0 aliphatic carbocycles. The number of halogens is 7. The minimum Gasteiger partial charge on any atom is -0.425 e. The van der Waals surface area contributed by atoms with Gasteiger partial charge in [-0.25, -0.2) is 14.4 Å². The van der Waals surface area contributed by atoms with Crippen LogP contribution in [-0.2, 0) is 34.2 Å². The van der Waals surface area contributed by atoms with Crippen molar-refractivity contribution >= 4 is 173 Å². The van der Waals surface area contributed by atoms with Crippen LogP contribution < -0.4 is 30.2 Å². The van der Waals surface area contributed by atoms with Crippen LogP contribution in [0.25, 0.3) is 0 Å². The summed E-state index contributed by atoms with van der Waals surface area (Å²) in [5.41, 5.74) is 6.96. The van der Waals surface area contributed by atoms with Crippen LogP contribution in [0.5, 0.6) is 17.2 Å². The fourth-order valence-electron chi connectivity index (χ4n) is 10.3. The molecule has 564 valence electrons. The number of rotatable bonds is 23. The van der Waals surface area contributed by atoms with Crippen molar-refractivity contribution in [3.8, 4) is 17.2 Å². The van der Waals surface area contributed by atoms with E-state index in [-0.39, 0.29) is 65.4 Å². The van der Waals surface area contributed by atoms with E-state index in [0.717, 1.165) is 34.2 Å². The topological polar surface area (TPSA) is 292 Å². The Balaban J connectivity index is 0.000000229. The highest BCUT2D eigenvalue weighted by Gasteiger charge is 2.31. The van der Waals surface area contributed by atoms with Gasteiger partial charge in [0, 0.05) is 48.8 Å². The summed E-state index contributed by atoms with van der Waals surface area (Å²) in [7, 11) is 0. The summed E-state index contributed by atoms with van der Waals surface area (Å²) in [5, 5.41) is 34.0. The van der Waals surface area contributed by atoms with E-state index in [1.807, 2.05) is 19.1 Å². The van der Waals surface area contributed by atoms with Crippen molar-refractivity contribution < 1.29 is 57.4 Å². The van der Waals surface area contributed by atoms with Gasteiger partial charge < -0.3 is 30.2 Å². The molecule has 3 unspecified atom stereocenters. The third-order valence-electron chi connectivity index (χ3n) is 16.0. The lowest BCUT2D eigenvalue weighted by Crippen LogP contribution is -2.30. The molecule has 21 nitrogen and oxygen atoms in total. The average molecular weight is 1660 g/mol. The number of azo groups is 3. The third-order valence-corrected chi connectivity index (χ3v) is 18.6. The van der Waals surface area contributed by atoms with Crippen molar-refractivity contribution in [2.24, 2.45) is 36.1 Å². The first kappa shape index (κ1) is 86.1. The molecule has 0 saturated carbocycles. The highest BCUT2D eigenvalue weighted by Crippen LogP contribution is 2.38. The Morgan fingerprint density at radius 3 is 1.19 bits per heavy atom. The Hall–Kier alpha value is -10.2. The Morgan fingerprint density at radius 2 is 0.789 bits per heavy atom. The van der Waals surface area contributed by atoms with Crippen molar-refractivity contribution in [2.45, 2.75) is 113 Å². The van der Waals surface area contributed by atoms with E-state index in [9.17, 15) is 43.2 Å². The molecule has 0 saturated heterocycles. The van der Waals surface area contributed by atoms with Crippen LogP contribution in [0, 0.1) is 33.1 Å². The number of ether oxygens (including phenoxy) is 3. The monoisotopic (exact) mass is 1650 g/mol. The maximum Gasteiger partial charge on any atom is 0.346 e. The number of carbonyl (C=O) groups is 9. The van der Waals surface area contributed by atoms with Gasteiger partial charge >= 0.3 is 17.9 Å². The normalized spacial score (nSPS) is 12.1. The molecule has 28 heteroatoms. The van der Waals surface area contributed by atoms with Crippen LogP contribution in [0.3, 0.4) is 0 Å². The number of benzene rings is 9. The average Bonchev–Trinajstić information content (AvgIpc) is 0.834. The van der Waals surface area contributed by atoms with Crippen molar-refractivity contribution in [1.82, 2.24) is 0 Å². The van der Waals surface area contributed by atoms with E-state index in [2.05, 4.69) is 97.2 Å². The van der Waals surface area contributed by atoms with Crippen LogP contribution in [0.15, 0.2) is 217 Å². The van der Waals surface area contributed by atoms with E-state index in [1.54, 1.807) is 136 Å². The molecule has 3 N–H and O–H groups in total. The number of hydrogen-bond donors (Lipinski definition) is 3. The van der Waals surface area contributed by atoms with E-state index >= 15 is 0 Å². The highest BCUT2D eigenvalue weighted by atomic mass is 79.9. The van der Waals surface area contributed by atoms with Gasteiger partial charge in [0.05, 0.1) is 19.5 Å². The van der Waals surface area contributed by atoms with Crippen molar-refractivity contribution in [3.63, 3.8) is 0 Å². The largest absolute Gasteiger partial charge is 0.425 e. The number of Topliss-reactive ketones (excluding diaryl/α,β-unsaturated/α-hetero) is 3. The first-order valence-electron chi connectivity index (χ1n) is 33.3. The summed E-state index contributed by atoms with van der Waals surface area (Å²) < 4.78 is 16.6. The maximum absolute atomic E-state index is 12.9. The summed E-state index contributed by atoms with van der Waals surface area (Å²) >= 11 is 40.2. The zero-order chi connectivity index (χ0) is 80.2. The minimum atomic E-state index is -1.50. The number of esters is 3. The third kappa shape index (κ3) is 25.2. The predicted molar refractivity (Wildman–Crippen MR) is 430 cm³/mol. The number of nitrogens with zero attached hydrogens (tertiary/aromatic N) is 6. The van der Waals surface area contributed by atoms with E-state index in [4.69, 9.17) is 83.8 Å². The number of aryl methyl sites for hydroxylation is 2. The Kier molecular flexibility index (Phi) is 31.0. The van der Waals surface area contributed by atoms with Gasteiger partial charge in [-0.3, -0.25) is 28.8 Å². The molecule has 3 amide bonds. The van der Waals surface area contributed by atoms with Gasteiger partial charge in [0.25, 0.3) is 17.7 Å². The molecular formula is C81H74BrCl6N9O12. The Labute approximate surface area is 668 Å². The minimum absolute atomic E-state index is 0.0748. The van der Waals surface area contributed by atoms with Crippen LogP contribution in [-0.4, -0.2) is 71.1 Å². The molecule has 109 heavy (non-hydrogen) atoms. The highest BCUT2D eigenvalue weighted by molar-refractivity contribution is 9.10. The van der Waals surface area contributed by atoms with Gasteiger partial charge in [-0.1, -0.05) is 165 Å². The molecule has 9 rings (SSSR count). The van der Waals surface area contributed by atoms with Crippen molar-refractivity contribution in [3.05, 3.63) is 261 Å². The number of amides is 3. The van der Waals surface area contributed by atoms with E-state index in [0.29, 0.717) is 48.1 Å². The summed E-state index contributed by atoms with van der Waals surface area (Å²) in [4.78, 5) is 113. The maximum atomic E-state index is 12.9. The number of carbonyl (C=O) groups excluding carboxylic acids is 9. The van der Waals surface area contributed by atoms with Crippen LogP contribution >= 0.6 is 85.5 Å². The quantitative estimate of drug-likeness (QED) is 0.0233. The molecule has 0 aliphatic rings. The van der Waals surface area contributed by atoms with Gasteiger partial charge in [-0.15, -0.1) is 0 Å². The zero-order valence-electron chi connectivity index (χ0n) is 61.0. The second-order valence-corrected chi connectivity index (χ2v) is 29.8. The molecule has 0 aliphatic heterocycles. The number of hydrogen-bond acceptors (Lipinski definition) is 18. The van der Waals surface area contributed by atoms with Crippen LogP contribution in [0.1, 0.15) is 121 Å². The lowest BCUT2D eigenvalue weighted by atomic mass is 9.72. The fraction of sp³-hybridized carbons (Fsp3) is 0.222. The number of ketones is 3. The van der Waals surface area contributed by atoms with Gasteiger partial charge in [-0.2, -0.15) is 30.7 Å². The molecule has 0 heterocycles. The molecule has 9 aromatic rings. The molecule has 0 aromatic heterocycles. The van der Waals surface area contributed by atoms with Crippen molar-refractivity contribution in [1.29, 1.82) is 0 Å². The van der Waals surface area contributed by atoms with Crippen LogP contribution in [0.2, 0.25) is 30.1 Å². The number of anilines is 3. The molecular weight excluding hydrogens is 1580 g/mol. The van der Waals surface area contributed by atoms with E-state index < -0.39 is 71.1 Å². The predicted octanol–water partition coefficient (Wildman–Crippen LogP) is 22.4. The SMILES string of the molecule is CC(=O)C(N=Nc1cc(C(=O)Nc2cc(Cl)ccc2C)ccc1Cl)C(=O)Oc1ccccc1C.CC(=O)C(N=Nc1cc(C(=O)Nc2cccc(Cl)c2C)ccc1Cl)C(=O)Oc1ccc(C(C)(C)CC(C)(C)C)cc1.CC(=O)C(N=Nc1cc(C(=O)Nc2cccc(Cl)c2C)ccc1Cl)C(=O)Oc1ccccc1Br. The van der Waals surface area contributed by atoms with Gasteiger partial charge in [0.2, 0.25) is 18.1 Å². The number of para-hydroxylation sites is 2. The molecule has 0 radical (unpaired) electrons. The molecule has 0 fully saturated rings. The molecule has 0 spiro atoms. The molecule has 0 bridgehead atoms. The molecule has 3 atom stereocenters. The van der Waals surface area contributed by atoms with Gasteiger partial charge in [-0.05, 0) is 231 Å². The van der Waals surface area contributed by atoms with Gasteiger partial charge in [0.1, 0.15) is 34.3 Å². The second-order valence-electron chi connectivity index (χ2n) is 26.4. The zero-order valence-corrected chi connectivity index (χ0v) is 67.1. The standard InChI is InChI=1S/C32H35Cl2N3O4.C25H21Cl2N3O4.C24H18BrCl2N3O4/c1-19-24(33)9-8-10-26(19)35-29(39)21-11-16-25(34)27(17-21)36-37-28(20(2)38)30(40)41-23-14-12-22(13-15-23)32(6,7)18-31(3,4)5;1-14-8-10-18(26)13-20(14)28-24(32)17-9-11-19(27)21(12-17)29-30-23(16(3)31)25(33)34-22-7-5-4-6-15(22)2;1-13-17(26)7-5-8-19(13)28-23(32)15-10-11-18(27)20(12-15)29-30-22(14(2)31)24(33)34-21-9-4-3-6-16(21)25/h8-17,28H,18H2,1-7H3,(H,35,39);4-13,23H,1-3H3,(H,28,32);3-12,22H,1-2H3,(H,28,32). The van der Waals surface area contributed by atoms with Crippen molar-refractivity contribution in [2.75, 3.05) is 16.0 Å². The first-order chi connectivity index (χ1) is 51.4.